The van der Waals surface area contributed by atoms with Gasteiger partial charge in [-0.05, 0) is 64.8 Å². The van der Waals surface area contributed by atoms with Crippen LogP contribution in [0.3, 0.4) is 0 Å². The molecule has 2 unspecified atom stereocenters. The summed E-state index contributed by atoms with van der Waals surface area (Å²) in [7, 11) is 0. The maximum atomic E-state index is 12.3. The molecule has 1 amide bonds. The van der Waals surface area contributed by atoms with E-state index in [0.29, 0.717) is 12.0 Å². The fourth-order valence-electron chi connectivity index (χ4n) is 4.16. The Labute approximate surface area is 148 Å². The van der Waals surface area contributed by atoms with Gasteiger partial charge in [0.05, 0.1) is 0 Å². The molecule has 0 spiro atoms. The van der Waals surface area contributed by atoms with E-state index in [1.54, 1.807) is 0 Å². The van der Waals surface area contributed by atoms with Gasteiger partial charge in [-0.2, -0.15) is 0 Å². The molecule has 140 valence electrons. The number of amides is 1. The molecule has 0 radical (unpaired) electrons. The van der Waals surface area contributed by atoms with Gasteiger partial charge in [0.2, 0.25) is 0 Å². The molecule has 4 nitrogen and oxygen atoms in total. The highest BCUT2D eigenvalue weighted by Gasteiger charge is 2.34. The molecule has 2 atom stereocenters. The first-order valence-electron chi connectivity index (χ1n) is 10.1. The minimum atomic E-state index is -0.405. The van der Waals surface area contributed by atoms with Crippen LogP contribution in [0.2, 0.25) is 0 Å². The predicted molar refractivity (Wildman–Crippen MR) is 99.2 cm³/mol. The molecular weight excluding hydrogens is 300 g/mol. The SMILES string of the molecule is CCCNC(CCC1CCCC1)C1CCN(C(=O)OC(C)(C)C)C1. The Hall–Kier alpha value is -0.770. The normalized spacial score (nSPS) is 23.7. The van der Waals surface area contributed by atoms with E-state index >= 15 is 0 Å². The monoisotopic (exact) mass is 338 g/mol. The molecule has 1 aliphatic carbocycles. The number of hydrogen-bond acceptors (Lipinski definition) is 3. The summed E-state index contributed by atoms with van der Waals surface area (Å²) in [6.07, 6.45) is 10.4. The zero-order valence-corrected chi connectivity index (χ0v) is 16.3. The highest BCUT2D eigenvalue weighted by atomic mass is 16.6. The van der Waals surface area contributed by atoms with E-state index < -0.39 is 5.60 Å². The van der Waals surface area contributed by atoms with Gasteiger partial charge in [-0.15, -0.1) is 0 Å². The standard InChI is InChI=1S/C20H38N2O2/c1-5-13-21-18(11-10-16-8-6-7-9-16)17-12-14-22(15-17)19(23)24-20(2,3)4/h16-18,21H,5-15H2,1-4H3. The van der Waals surface area contributed by atoms with Crippen LogP contribution in [0.15, 0.2) is 0 Å². The van der Waals surface area contributed by atoms with Crippen molar-refractivity contribution >= 4 is 6.09 Å². The predicted octanol–water partition coefficient (Wildman–Crippen LogP) is 4.58. The zero-order valence-electron chi connectivity index (χ0n) is 16.3. The van der Waals surface area contributed by atoms with Crippen molar-refractivity contribution in [1.82, 2.24) is 10.2 Å². The average molecular weight is 339 g/mol. The van der Waals surface area contributed by atoms with Crippen molar-refractivity contribution in [2.45, 2.75) is 90.7 Å². The maximum absolute atomic E-state index is 12.3. The minimum Gasteiger partial charge on any atom is -0.444 e. The van der Waals surface area contributed by atoms with E-state index in [4.69, 9.17) is 4.74 Å². The topological polar surface area (TPSA) is 41.6 Å². The van der Waals surface area contributed by atoms with Gasteiger partial charge in [0.15, 0.2) is 0 Å². The lowest BCUT2D eigenvalue weighted by Gasteiger charge is -2.27. The van der Waals surface area contributed by atoms with Crippen LogP contribution in [0.5, 0.6) is 0 Å². The Morgan fingerprint density at radius 2 is 1.96 bits per heavy atom. The molecule has 4 heteroatoms. The third-order valence-corrected chi connectivity index (χ3v) is 5.46. The number of nitrogens with zero attached hydrogens (tertiary/aromatic N) is 1. The van der Waals surface area contributed by atoms with E-state index in [9.17, 15) is 4.79 Å². The summed E-state index contributed by atoms with van der Waals surface area (Å²) in [4.78, 5) is 14.2. The van der Waals surface area contributed by atoms with E-state index in [2.05, 4.69) is 12.2 Å². The van der Waals surface area contributed by atoms with Gasteiger partial charge in [0, 0.05) is 19.1 Å². The second-order valence-electron chi connectivity index (χ2n) is 8.76. The number of carbonyl (C=O) groups is 1. The lowest BCUT2D eigenvalue weighted by Crippen LogP contribution is -2.40. The fraction of sp³-hybridized carbons (Fsp3) is 0.950. The van der Waals surface area contributed by atoms with E-state index in [1.807, 2.05) is 25.7 Å². The van der Waals surface area contributed by atoms with Crippen LogP contribution in [-0.4, -0.2) is 42.3 Å². The summed E-state index contributed by atoms with van der Waals surface area (Å²) in [5, 5.41) is 3.76. The molecule has 0 aromatic carbocycles. The molecule has 0 aromatic heterocycles. The number of likely N-dealkylation sites (tertiary alicyclic amines) is 1. The van der Waals surface area contributed by atoms with Crippen LogP contribution in [-0.2, 0) is 4.74 Å². The van der Waals surface area contributed by atoms with Gasteiger partial charge in [-0.3, -0.25) is 0 Å². The van der Waals surface area contributed by atoms with Crippen LogP contribution < -0.4 is 5.32 Å². The number of carbonyl (C=O) groups excluding carboxylic acids is 1. The van der Waals surface area contributed by atoms with Crippen molar-refractivity contribution in [3.8, 4) is 0 Å². The second kappa shape index (κ2) is 9.07. The maximum Gasteiger partial charge on any atom is 0.410 e. The summed E-state index contributed by atoms with van der Waals surface area (Å²) in [5.41, 5.74) is -0.405. The Kier molecular flexibility index (Phi) is 7.39. The lowest BCUT2D eigenvalue weighted by atomic mass is 9.90. The number of rotatable bonds is 7. The molecule has 2 aliphatic rings. The molecule has 1 aliphatic heterocycles. The summed E-state index contributed by atoms with van der Waals surface area (Å²) in [6, 6.07) is 0.554. The third kappa shape index (κ3) is 6.27. The molecule has 24 heavy (non-hydrogen) atoms. The highest BCUT2D eigenvalue weighted by molar-refractivity contribution is 5.68. The Morgan fingerprint density at radius 1 is 1.25 bits per heavy atom. The van der Waals surface area contributed by atoms with Crippen molar-refractivity contribution < 1.29 is 9.53 Å². The van der Waals surface area contributed by atoms with Crippen molar-refractivity contribution in [2.24, 2.45) is 11.8 Å². The van der Waals surface area contributed by atoms with Gasteiger partial charge in [0.1, 0.15) is 5.60 Å². The zero-order chi connectivity index (χ0) is 17.6. The van der Waals surface area contributed by atoms with Crippen LogP contribution in [0.25, 0.3) is 0 Å². The summed E-state index contributed by atoms with van der Waals surface area (Å²) in [5.74, 6) is 1.52. The molecule has 1 heterocycles. The Morgan fingerprint density at radius 3 is 2.58 bits per heavy atom. The van der Waals surface area contributed by atoms with E-state index in [-0.39, 0.29) is 6.09 Å². The first kappa shape index (κ1) is 19.6. The molecular formula is C20H38N2O2. The van der Waals surface area contributed by atoms with Crippen molar-refractivity contribution in [3.05, 3.63) is 0 Å². The Balaban J connectivity index is 1.83. The highest BCUT2D eigenvalue weighted by Crippen LogP contribution is 2.31. The van der Waals surface area contributed by atoms with E-state index in [0.717, 1.165) is 32.0 Å². The largest absolute Gasteiger partial charge is 0.444 e. The molecule has 1 saturated heterocycles. The molecule has 0 aromatic rings. The summed E-state index contributed by atoms with van der Waals surface area (Å²) in [6.45, 7) is 10.8. The van der Waals surface area contributed by atoms with Crippen molar-refractivity contribution in [2.75, 3.05) is 19.6 Å². The van der Waals surface area contributed by atoms with Crippen LogP contribution in [0.1, 0.15) is 79.1 Å². The third-order valence-electron chi connectivity index (χ3n) is 5.46. The summed E-state index contributed by atoms with van der Waals surface area (Å²) < 4.78 is 5.54. The van der Waals surface area contributed by atoms with Crippen molar-refractivity contribution in [1.29, 1.82) is 0 Å². The number of hydrogen-bond donors (Lipinski definition) is 1. The van der Waals surface area contributed by atoms with Gasteiger partial charge in [-0.1, -0.05) is 32.6 Å². The first-order valence-corrected chi connectivity index (χ1v) is 10.1. The molecule has 2 rings (SSSR count). The van der Waals surface area contributed by atoms with Gasteiger partial charge in [-0.25, -0.2) is 4.79 Å². The molecule has 1 saturated carbocycles. The summed E-state index contributed by atoms with van der Waals surface area (Å²) >= 11 is 0. The van der Waals surface area contributed by atoms with Gasteiger partial charge >= 0.3 is 6.09 Å². The smallest absolute Gasteiger partial charge is 0.410 e. The molecule has 1 N–H and O–H groups in total. The average Bonchev–Trinajstić information content (AvgIpc) is 3.17. The van der Waals surface area contributed by atoms with Gasteiger partial charge in [0.25, 0.3) is 0 Å². The number of nitrogens with one attached hydrogen (secondary N) is 1. The Bertz CT molecular complexity index is 386. The van der Waals surface area contributed by atoms with Crippen LogP contribution in [0.4, 0.5) is 4.79 Å². The first-order chi connectivity index (χ1) is 11.4. The molecule has 0 bridgehead atoms. The molecule has 2 fully saturated rings. The second-order valence-corrected chi connectivity index (χ2v) is 8.76. The van der Waals surface area contributed by atoms with Crippen molar-refractivity contribution in [3.63, 3.8) is 0 Å². The number of ether oxygens (including phenoxy) is 1. The van der Waals surface area contributed by atoms with Crippen LogP contribution in [0, 0.1) is 11.8 Å². The van der Waals surface area contributed by atoms with E-state index in [1.165, 1.54) is 44.9 Å². The fourth-order valence-corrected chi connectivity index (χ4v) is 4.16. The lowest BCUT2D eigenvalue weighted by molar-refractivity contribution is 0.0285. The minimum absolute atomic E-state index is 0.143. The quantitative estimate of drug-likeness (QED) is 0.738. The van der Waals surface area contributed by atoms with Gasteiger partial charge < -0.3 is 15.0 Å². The van der Waals surface area contributed by atoms with Crippen LogP contribution >= 0.6 is 0 Å².